The van der Waals surface area contributed by atoms with Gasteiger partial charge in [-0.3, -0.25) is 0 Å². The summed E-state index contributed by atoms with van der Waals surface area (Å²) in [5, 5.41) is 7.41. The molecule has 112 valence electrons. The van der Waals surface area contributed by atoms with Gasteiger partial charge in [-0.05, 0) is 32.3 Å². The van der Waals surface area contributed by atoms with Crippen LogP contribution in [0.3, 0.4) is 0 Å². The molecule has 2 aromatic rings. The van der Waals surface area contributed by atoms with Crippen LogP contribution in [0.25, 0.3) is 0 Å². The molecule has 1 aromatic heterocycles. The highest BCUT2D eigenvalue weighted by molar-refractivity contribution is 5.43. The summed E-state index contributed by atoms with van der Waals surface area (Å²) in [5.74, 6) is 2.42. The first kappa shape index (κ1) is 14.1. The van der Waals surface area contributed by atoms with Crippen molar-refractivity contribution in [2.75, 3.05) is 13.2 Å². The molecule has 0 bridgehead atoms. The van der Waals surface area contributed by atoms with Gasteiger partial charge in [-0.25, -0.2) is 0 Å². The molecule has 5 heteroatoms. The third-order valence-corrected chi connectivity index (χ3v) is 3.80. The molecule has 5 nitrogen and oxygen atoms in total. The fourth-order valence-corrected chi connectivity index (χ4v) is 2.77. The number of para-hydroxylation sites is 1. The molecule has 1 aliphatic rings. The van der Waals surface area contributed by atoms with Crippen LogP contribution in [0.15, 0.2) is 22.7 Å². The molecule has 0 spiro atoms. The minimum atomic E-state index is 0.325. The number of nitrogens with zero attached hydrogens (tertiary/aromatic N) is 2. The van der Waals surface area contributed by atoms with Gasteiger partial charge in [0.2, 0.25) is 5.89 Å². The Morgan fingerprint density at radius 1 is 1.33 bits per heavy atom. The van der Waals surface area contributed by atoms with E-state index in [0.29, 0.717) is 17.8 Å². The summed E-state index contributed by atoms with van der Waals surface area (Å²) in [6.45, 7) is 5.54. The van der Waals surface area contributed by atoms with Gasteiger partial charge >= 0.3 is 0 Å². The smallest absolute Gasteiger partial charge is 0.227 e. The number of fused-ring (bicyclic) bond motifs is 1. The van der Waals surface area contributed by atoms with Crippen LogP contribution in [0.5, 0.6) is 5.75 Å². The standard InChI is InChI=1S/C16H21N3O2/c1-11-5-3-6-13-14(7-4-10-20-16(11)13)17-9-8-15-18-12(2)19-21-15/h3,5-6,14,17H,4,7-10H2,1-2H3. The van der Waals surface area contributed by atoms with Crippen LogP contribution < -0.4 is 10.1 Å². The van der Waals surface area contributed by atoms with Gasteiger partial charge in [0.25, 0.3) is 0 Å². The van der Waals surface area contributed by atoms with Crippen LogP contribution in [0, 0.1) is 13.8 Å². The van der Waals surface area contributed by atoms with Crippen molar-refractivity contribution in [2.24, 2.45) is 0 Å². The maximum atomic E-state index is 5.90. The highest BCUT2D eigenvalue weighted by Crippen LogP contribution is 2.33. The van der Waals surface area contributed by atoms with Gasteiger partial charge in [-0.1, -0.05) is 23.4 Å². The minimum Gasteiger partial charge on any atom is -0.493 e. The van der Waals surface area contributed by atoms with E-state index in [9.17, 15) is 0 Å². The first-order chi connectivity index (χ1) is 10.2. The number of ether oxygens (including phenoxy) is 1. The van der Waals surface area contributed by atoms with Crippen molar-refractivity contribution < 1.29 is 9.26 Å². The predicted molar refractivity (Wildman–Crippen MR) is 79.4 cm³/mol. The molecule has 1 aromatic carbocycles. The second kappa shape index (κ2) is 6.26. The molecule has 3 rings (SSSR count). The average Bonchev–Trinajstić information content (AvgIpc) is 2.77. The van der Waals surface area contributed by atoms with Crippen molar-refractivity contribution in [3.05, 3.63) is 41.0 Å². The number of aromatic nitrogens is 2. The highest BCUT2D eigenvalue weighted by atomic mass is 16.5. The molecule has 0 fully saturated rings. The summed E-state index contributed by atoms with van der Waals surface area (Å²) in [4.78, 5) is 4.23. The molecular weight excluding hydrogens is 266 g/mol. The first-order valence-electron chi connectivity index (χ1n) is 7.49. The van der Waals surface area contributed by atoms with Crippen LogP contribution in [0.2, 0.25) is 0 Å². The largest absolute Gasteiger partial charge is 0.493 e. The van der Waals surface area contributed by atoms with E-state index in [2.05, 4.69) is 40.6 Å². The summed E-state index contributed by atoms with van der Waals surface area (Å²) in [6, 6.07) is 6.68. The number of hydrogen-bond donors (Lipinski definition) is 1. The Morgan fingerprint density at radius 3 is 3.05 bits per heavy atom. The van der Waals surface area contributed by atoms with Crippen molar-refractivity contribution >= 4 is 0 Å². The van der Waals surface area contributed by atoms with Crippen molar-refractivity contribution in [3.8, 4) is 5.75 Å². The van der Waals surface area contributed by atoms with Crippen LogP contribution in [-0.2, 0) is 6.42 Å². The summed E-state index contributed by atoms with van der Waals surface area (Å²) in [5.41, 5.74) is 2.46. The van der Waals surface area contributed by atoms with Crippen molar-refractivity contribution in [1.82, 2.24) is 15.5 Å². The SMILES string of the molecule is Cc1noc(CCNC2CCCOc3c(C)cccc32)n1. The number of hydrogen-bond acceptors (Lipinski definition) is 5. The van der Waals surface area contributed by atoms with Crippen LogP contribution in [-0.4, -0.2) is 23.3 Å². The van der Waals surface area contributed by atoms with Gasteiger partial charge in [0.05, 0.1) is 6.61 Å². The Balaban J connectivity index is 1.66. The van der Waals surface area contributed by atoms with Crippen LogP contribution in [0.4, 0.5) is 0 Å². The van der Waals surface area contributed by atoms with E-state index >= 15 is 0 Å². The lowest BCUT2D eigenvalue weighted by atomic mass is 10.00. The minimum absolute atomic E-state index is 0.325. The van der Waals surface area contributed by atoms with Crippen molar-refractivity contribution in [2.45, 2.75) is 39.2 Å². The zero-order chi connectivity index (χ0) is 14.7. The predicted octanol–water partition coefficient (Wildman–Crippen LogP) is 2.73. The molecular formula is C16H21N3O2. The Labute approximate surface area is 124 Å². The molecule has 1 unspecified atom stereocenters. The van der Waals surface area contributed by atoms with Crippen LogP contribution in [0.1, 0.15) is 41.7 Å². The Kier molecular flexibility index (Phi) is 4.20. The van der Waals surface area contributed by atoms with Crippen molar-refractivity contribution in [1.29, 1.82) is 0 Å². The topological polar surface area (TPSA) is 60.2 Å². The Morgan fingerprint density at radius 2 is 2.24 bits per heavy atom. The monoisotopic (exact) mass is 287 g/mol. The van der Waals surface area contributed by atoms with E-state index < -0.39 is 0 Å². The first-order valence-corrected chi connectivity index (χ1v) is 7.49. The molecule has 1 atom stereocenters. The number of nitrogens with one attached hydrogen (secondary N) is 1. The van der Waals surface area contributed by atoms with E-state index in [1.807, 2.05) is 6.92 Å². The summed E-state index contributed by atoms with van der Waals surface area (Å²) in [6.07, 6.45) is 2.89. The summed E-state index contributed by atoms with van der Waals surface area (Å²) in [7, 11) is 0. The van der Waals surface area contributed by atoms with E-state index in [4.69, 9.17) is 9.26 Å². The lowest BCUT2D eigenvalue weighted by molar-refractivity contribution is 0.313. The quantitative estimate of drug-likeness (QED) is 0.937. The van der Waals surface area contributed by atoms with Gasteiger partial charge < -0.3 is 14.6 Å². The van der Waals surface area contributed by atoms with E-state index in [1.165, 1.54) is 11.1 Å². The lowest BCUT2D eigenvalue weighted by Gasteiger charge is -2.19. The zero-order valence-electron chi connectivity index (χ0n) is 12.6. The average molecular weight is 287 g/mol. The normalized spacial score (nSPS) is 17.9. The molecule has 2 heterocycles. The molecule has 1 N–H and O–H groups in total. The zero-order valence-corrected chi connectivity index (χ0v) is 12.6. The molecule has 21 heavy (non-hydrogen) atoms. The summed E-state index contributed by atoms with van der Waals surface area (Å²) < 4.78 is 11.0. The van der Waals surface area contributed by atoms with Gasteiger partial charge in [-0.2, -0.15) is 4.98 Å². The van der Waals surface area contributed by atoms with E-state index in [0.717, 1.165) is 38.2 Å². The third kappa shape index (κ3) is 3.24. The lowest BCUT2D eigenvalue weighted by Crippen LogP contribution is -2.23. The Bertz CT molecular complexity index is 609. The van der Waals surface area contributed by atoms with E-state index in [-0.39, 0.29) is 0 Å². The van der Waals surface area contributed by atoms with Crippen molar-refractivity contribution in [3.63, 3.8) is 0 Å². The third-order valence-electron chi connectivity index (χ3n) is 3.80. The Hall–Kier alpha value is -1.88. The fraction of sp³-hybridized carbons (Fsp3) is 0.500. The molecule has 0 saturated carbocycles. The molecule has 0 radical (unpaired) electrons. The van der Waals surface area contributed by atoms with Gasteiger partial charge in [-0.15, -0.1) is 0 Å². The molecule has 1 aliphatic heterocycles. The van der Waals surface area contributed by atoms with Crippen LogP contribution >= 0.6 is 0 Å². The highest BCUT2D eigenvalue weighted by Gasteiger charge is 2.20. The van der Waals surface area contributed by atoms with E-state index in [1.54, 1.807) is 0 Å². The van der Waals surface area contributed by atoms with Gasteiger partial charge in [0.1, 0.15) is 5.75 Å². The number of benzene rings is 1. The number of aryl methyl sites for hydroxylation is 2. The second-order valence-corrected chi connectivity index (χ2v) is 5.48. The summed E-state index contributed by atoms with van der Waals surface area (Å²) >= 11 is 0. The van der Waals surface area contributed by atoms with Gasteiger partial charge in [0, 0.05) is 24.6 Å². The molecule has 0 saturated heterocycles. The fourth-order valence-electron chi connectivity index (χ4n) is 2.77. The molecule has 0 amide bonds. The maximum Gasteiger partial charge on any atom is 0.227 e. The second-order valence-electron chi connectivity index (χ2n) is 5.48. The molecule has 0 aliphatic carbocycles. The maximum absolute atomic E-state index is 5.90. The van der Waals surface area contributed by atoms with Gasteiger partial charge in [0.15, 0.2) is 5.82 Å². The number of rotatable bonds is 4.